The van der Waals surface area contributed by atoms with E-state index in [2.05, 4.69) is 5.32 Å². The van der Waals surface area contributed by atoms with E-state index in [9.17, 15) is 19.1 Å². The zero-order chi connectivity index (χ0) is 14.1. The van der Waals surface area contributed by atoms with Gasteiger partial charge in [-0.25, -0.2) is 0 Å². The quantitative estimate of drug-likeness (QED) is 0.466. The number of hydrogen-bond donors (Lipinski definition) is 5. The highest BCUT2D eigenvalue weighted by Gasteiger charge is 2.56. The average Bonchev–Trinajstić information content (AvgIpc) is 1.96. The summed E-state index contributed by atoms with van der Waals surface area (Å²) in [5.74, 6) is 0. The minimum Gasteiger partial charge on any atom is -0.369 e. The summed E-state index contributed by atoms with van der Waals surface area (Å²) in [4.78, 5) is 27.3. The molecule has 0 saturated heterocycles. The fourth-order valence-electron chi connectivity index (χ4n) is 1.20. The monoisotopic (exact) mass is 289 g/mol. The van der Waals surface area contributed by atoms with Gasteiger partial charge in [-0.1, -0.05) is 0 Å². The first-order chi connectivity index (χ1) is 7.21. The van der Waals surface area contributed by atoms with Crippen LogP contribution in [0.15, 0.2) is 0 Å². The summed E-state index contributed by atoms with van der Waals surface area (Å²) < 4.78 is 22.6. The third-order valence-electron chi connectivity index (χ3n) is 2.25. The van der Waals surface area contributed by atoms with Gasteiger partial charge in [0.05, 0.1) is 0 Å². The third-order valence-corrected chi connectivity index (χ3v) is 6.85. The lowest BCUT2D eigenvalue weighted by Gasteiger charge is -2.32. The molecule has 0 amide bonds. The van der Waals surface area contributed by atoms with Crippen molar-refractivity contribution < 1.29 is 28.9 Å². The molecule has 104 valence electrons. The van der Waals surface area contributed by atoms with Crippen LogP contribution in [0, 0.1) is 0 Å². The van der Waals surface area contributed by atoms with Gasteiger partial charge in [0.2, 0.25) is 12.5 Å². The van der Waals surface area contributed by atoms with Gasteiger partial charge in [0, 0.05) is 18.6 Å². The molecule has 0 aromatic rings. The molecule has 17 heavy (non-hydrogen) atoms. The Hall–Kier alpha value is 0.260. The molecule has 0 fully saturated rings. The van der Waals surface area contributed by atoms with Crippen molar-refractivity contribution in [3.8, 4) is 0 Å². The van der Waals surface area contributed by atoms with Gasteiger partial charge < -0.3 is 25.1 Å². The molecule has 2 atom stereocenters. The van der Waals surface area contributed by atoms with Gasteiger partial charge in [-0.2, -0.15) is 0 Å². The van der Waals surface area contributed by atoms with E-state index in [0.29, 0.717) is 0 Å². The highest BCUT2D eigenvalue weighted by atomic mass is 31.2. The van der Waals surface area contributed by atoms with Crippen LogP contribution in [0.5, 0.6) is 0 Å². The average molecular weight is 289 g/mol. The molecule has 5 N–H and O–H groups in total. The molecule has 2 unspecified atom stereocenters. The molecule has 0 aliphatic carbocycles. The summed E-state index contributed by atoms with van der Waals surface area (Å²) in [6.07, 6.45) is -0.501. The molecule has 0 aliphatic rings. The van der Waals surface area contributed by atoms with Crippen molar-refractivity contribution in [2.24, 2.45) is 0 Å². The van der Waals surface area contributed by atoms with Crippen LogP contribution in [-0.4, -0.2) is 43.6 Å². The Kier molecular flexibility index (Phi) is 5.17. The Bertz CT molecular complexity index is 330. The summed E-state index contributed by atoms with van der Waals surface area (Å²) >= 11 is 0. The second-order valence-electron chi connectivity index (χ2n) is 5.12. The van der Waals surface area contributed by atoms with E-state index in [4.69, 9.17) is 9.79 Å². The van der Waals surface area contributed by atoms with E-state index < -0.39 is 26.5 Å². The van der Waals surface area contributed by atoms with Crippen molar-refractivity contribution in [3.05, 3.63) is 0 Å². The molecule has 9 heteroatoms. The molecule has 0 rings (SSSR count). The van der Waals surface area contributed by atoms with Crippen molar-refractivity contribution in [2.75, 3.05) is 13.2 Å². The lowest BCUT2D eigenvalue weighted by Crippen LogP contribution is -2.40. The molecular formula is C8H21NO6P2. The summed E-state index contributed by atoms with van der Waals surface area (Å²) in [6, 6.07) is 0. The first-order valence-electron chi connectivity index (χ1n) is 5.04. The van der Waals surface area contributed by atoms with Gasteiger partial charge in [0.1, 0.15) is 0 Å². The van der Waals surface area contributed by atoms with Crippen molar-refractivity contribution in [3.63, 3.8) is 0 Å². The topological polar surface area (TPSA) is 127 Å². The summed E-state index contributed by atoms with van der Waals surface area (Å²) in [6.45, 7) is 6.24. The van der Waals surface area contributed by atoms with E-state index in [1.807, 2.05) is 20.8 Å². The Morgan fingerprint density at radius 1 is 1.12 bits per heavy atom. The van der Waals surface area contributed by atoms with Crippen LogP contribution in [0.2, 0.25) is 0 Å². The van der Waals surface area contributed by atoms with Crippen LogP contribution in [0.25, 0.3) is 0 Å². The fraction of sp³-hybridized carbons (Fsp3) is 1.00. The lowest BCUT2D eigenvalue weighted by molar-refractivity contribution is 0.138. The first kappa shape index (κ1) is 17.3. The van der Waals surface area contributed by atoms with Gasteiger partial charge in [0.15, 0.2) is 0 Å². The smallest absolute Gasteiger partial charge is 0.366 e. The maximum Gasteiger partial charge on any atom is 0.366 e. The maximum absolute atomic E-state index is 11.4. The number of hydrogen-bond acceptors (Lipinski definition) is 4. The third kappa shape index (κ3) is 4.79. The molecule has 0 heterocycles. The minimum atomic E-state index is -5.09. The van der Waals surface area contributed by atoms with Gasteiger partial charge in [-0.3, -0.25) is 9.13 Å². The Balaban J connectivity index is 4.90. The van der Waals surface area contributed by atoms with Crippen LogP contribution < -0.4 is 5.32 Å². The SMILES string of the molecule is CC(C)(C)NCCC(O)(P(C)(=O)O)P(=O)(O)O. The second-order valence-corrected chi connectivity index (χ2v) is 9.80. The van der Waals surface area contributed by atoms with E-state index in [0.717, 1.165) is 6.66 Å². The standard InChI is InChI=1S/C8H21NO6P2/c1-7(2,3)9-6-5-8(10,16(4,11)12)17(13,14)15/h9-10H,5-6H2,1-4H3,(H,11,12)(H2,13,14,15). The van der Waals surface area contributed by atoms with Crippen molar-refractivity contribution in [1.29, 1.82) is 0 Å². The van der Waals surface area contributed by atoms with E-state index >= 15 is 0 Å². The Morgan fingerprint density at radius 2 is 1.53 bits per heavy atom. The van der Waals surface area contributed by atoms with Gasteiger partial charge in [-0.05, 0) is 27.3 Å². The van der Waals surface area contributed by atoms with Gasteiger partial charge in [-0.15, -0.1) is 0 Å². The molecule has 0 aromatic heterocycles. The van der Waals surface area contributed by atoms with Crippen LogP contribution in [-0.2, 0) is 9.13 Å². The van der Waals surface area contributed by atoms with Crippen LogP contribution in [0.1, 0.15) is 27.2 Å². The predicted octanol–water partition coefficient (Wildman–Crippen LogP) is 0.489. The molecule has 0 saturated carbocycles. The number of rotatable bonds is 5. The molecule has 7 nitrogen and oxygen atoms in total. The molecule has 0 aromatic carbocycles. The molecule has 0 spiro atoms. The minimum absolute atomic E-state index is 0.0174. The summed E-state index contributed by atoms with van der Waals surface area (Å²) in [7, 11) is -9.43. The van der Waals surface area contributed by atoms with Gasteiger partial charge >= 0.3 is 7.60 Å². The summed E-state index contributed by atoms with van der Waals surface area (Å²) in [5.41, 5.74) is -0.316. The molecule has 0 bridgehead atoms. The maximum atomic E-state index is 11.4. The predicted molar refractivity (Wildman–Crippen MR) is 65.1 cm³/mol. The normalized spacial score (nSPS) is 20.7. The lowest BCUT2D eigenvalue weighted by atomic mass is 10.1. The largest absolute Gasteiger partial charge is 0.369 e. The number of nitrogens with one attached hydrogen (secondary N) is 1. The van der Waals surface area contributed by atoms with E-state index in [-0.39, 0.29) is 12.1 Å². The van der Waals surface area contributed by atoms with Crippen molar-refractivity contribution >= 4 is 15.0 Å². The molecular weight excluding hydrogens is 268 g/mol. The Morgan fingerprint density at radius 3 is 1.76 bits per heavy atom. The Labute approximate surface area is 101 Å². The van der Waals surface area contributed by atoms with Crippen molar-refractivity contribution in [1.82, 2.24) is 5.32 Å². The van der Waals surface area contributed by atoms with Crippen LogP contribution in [0.3, 0.4) is 0 Å². The van der Waals surface area contributed by atoms with E-state index in [1.54, 1.807) is 0 Å². The van der Waals surface area contributed by atoms with Crippen molar-refractivity contribution in [2.45, 2.75) is 37.8 Å². The fourth-order valence-corrected chi connectivity index (χ4v) is 4.06. The first-order valence-corrected chi connectivity index (χ1v) is 8.76. The van der Waals surface area contributed by atoms with E-state index in [1.165, 1.54) is 0 Å². The van der Waals surface area contributed by atoms with Crippen LogP contribution >= 0.6 is 15.0 Å². The number of aliphatic hydroxyl groups is 1. The molecule has 0 radical (unpaired) electrons. The molecule has 0 aliphatic heterocycles. The zero-order valence-corrected chi connectivity index (χ0v) is 12.2. The zero-order valence-electron chi connectivity index (χ0n) is 10.4. The van der Waals surface area contributed by atoms with Crippen LogP contribution in [0.4, 0.5) is 0 Å². The van der Waals surface area contributed by atoms with Gasteiger partial charge in [0.25, 0.3) is 0 Å². The highest BCUT2D eigenvalue weighted by molar-refractivity contribution is 7.74. The summed E-state index contributed by atoms with van der Waals surface area (Å²) in [5, 5.41) is 9.76. The highest BCUT2D eigenvalue weighted by Crippen LogP contribution is 2.69. The second kappa shape index (κ2) is 5.10.